The second-order valence-electron chi connectivity index (χ2n) is 4.94. The molecule has 0 aromatic heterocycles. The molecule has 0 amide bonds. The summed E-state index contributed by atoms with van der Waals surface area (Å²) in [4.78, 5) is 0.896. The summed E-state index contributed by atoms with van der Waals surface area (Å²) in [5.41, 5.74) is 1.06. The number of halogens is 1. The van der Waals surface area contributed by atoms with E-state index < -0.39 is 10.0 Å². The number of hydrogen-bond donors (Lipinski definition) is 1. The van der Waals surface area contributed by atoms with Gasteiger partial charge in [-0.3, -0.25) is 0 Å². The maximum atomic E-state index is 12.1. The third-order valence-electron chi connectivity index (χ3n) is 3.37. The predicted octanol–water partition coefficient (Wildman–Crippen LogP) is 2.84. The standard InChI is InChI=1S/C13H18BrNO2S/c1-10-2-6-13(7-3-10)18(16,17)15-9-11-4-5-12(14)8-11/h2-3,6-7,11-12,15H,4-5,8-9H2,1H3. The Morgan fingerprint density at radius 1 is 1.28 bits per heavy atom. The van der Waals surface area contributed by atoms with Gasteiger partial charge in [-0.1, -0.05) is 33.6 Å². The van der Waals surface area contributed by atoms with Crippen LogP contribution in [0.15, 0.2) is 29.2 Å². The minimum absolute atomic E-state index is 0.349. The summed E-state index contributed by atoms with van der Waals surface area (Å²) in [5.74, 6) is 0.453. The number of aryl methyl sites for hydroxylation is 1. The fraction of sp³-hybridized carbons (Fsp3) is 0.538. The number of hydrogen-bond acceptors (Lipinski definition) is 2. The minimum atomic E-state index is -3.35. The van der Waals surface area contributed by atoms with Crippen molar-refractivity contribution in [2.24, 2.45) is 5.92 Å². The number of sulfonamides is 1. The molecule has 1 aromatic rings. The van der Waals surface area contributed by atoms with Crippen LogP contribution < -0.4 is 4.72 Å². The summed E-state index contributed by atoms with van der Waals surface area (Å²) in [5, 5.41) is 0. The highest BCUT2D eigenvalue weighted by molar-refractivity contribution is 9.09. The van der Waals surface area contributed by atoms with Crippen molar-refractivity contribution in [2.75, 3.05) is 6.54 Å². The number of alkyl halides is 1. The first-order chi connectivity index (χ1) is 8.47. The van der Waals surface area contributed by atoms with E-state index in [0.717, 1.165) is 24.8 Å². The average molecular weight is 332 g/mol. The lowest BCUT2D eigenvalue weighted by molar-refractivity contribution is 0.521. The molecule has 0 aliphatic heterocycles. The molecule has 1 aliphatic rings. The van der Waals surface area contributed by atoms with Gasteiger partial charge in [-0.15, -0.1) is 0 Å². The zero-order chi connectivity index (χ0) is 13.2. The lowest BCUT2D eigenvalue weighted by Gasteiger charge is -2.11. The van der Waals surface area contributed by atoms with Crippen LogP contribution in [-0.2, 0) is 10.0 Å². The highest BCUT2D eigenvalue weighted by Gasteiger charge is 2.24. The van der Waals surface area contributed by atoms with Crippen LogP contribution in [0.2, 0.25) is 0 Å². The first kappa shape index (κ1) is 14.0. The Labute approximate surface area is 117 Å². The molecule has 0 heterocycles. The molecule has 5 heteroatoms. The van der Waals surface area contributed by atoms with E-state index in [-0.39, 0.29) is 0 Å². The number of rotatable bonds is 4. The molecule has 0 bridgehead atoms. The van der Waals surface area contributed by atoms with Gasteiger partial charge in [-0.2, -0.15) is 0 Å². The van der Waals surface area contributed by atoms with E-state index in [4.69, 9.17) is 0 Å². The summed E-state index contributed by atoms with van der Waals surface area (Å²) in [6, 6.07) is 6.94. The normalized spacial score (nSPS) is 24.3. The fourth-order valence-corrected chi connectivity index (χ4v) is 4.14. The van der Waals surface area contributed by atoms with E-state index in [1.807, 2.05) is 19.1 Å². The molecule has 18 heavy (non-hydrogen) atoms. The van der Waals surface area contributed by atoms with Gasteiger partial charge < -0.3 is 0 Å². The van der Waals surface area contributed by atoms with Crippen LogP contribution in [0.5, 0.6) is 0 Å². The molecular weight excluding hydrogens is 314 g/mol. The molecule has 1 N–H and O–H groups in total. The molecule has 2 unspecified atom stereocenters. The summed E-state index contributed by atoms with van der Waals surface area (Å²) < 4.78 is 26.8. The van der Waals surface area contributed by atoms with Crippen molar-refractivity contribution >= 4 is 26.0 Å². The van der Waals surface area contributed by atoms with Crippen molar-refractivity contribution in [1.82, 2.24) is 4.72 Å². The lowest BCUT2D eigenvalue weighted by atomic mass is 10.1. The molecular formula is C13H18BrNO2S. The summed E-state index contributed by atoms with van der Waals surface area (Å²) in [6.45, 7) is 2.48. The maximum absolute atomic E-state index is 12.1. The van der Waals surface area contributed by atoms with Crippen LogP contribution in [0.4, 0.5) is 0 Å². The fourth-order valence-electron chi connectivity index (χ4n) is 2.23. The molecule has 1 aromatic carbocycles. The third-order valence-corrected chi connectivity index (χ3v) is 5.64. The van der Waals surface area contributed by atoms with Crippen molar-refractivity contribution in [3.8, 4) is 0 Å². The molecule has 1 fully saturated rings. The van der Waals surface area contributed by atoms with Crippen molar-refractivity contribution in [3.05, 3.63) is 29.8 Å². The van der Waals surface area contributed by atoms with Gasteiger partial charge in [0.25, 0.3) is 0 Å². The zero-order valence-electron chi connectivity index (χ0n) is 10.4. The Bertz CT molecular complexity index is 498. The quantitative estimate of drug-likeness (QED) is 0.862. The Morgan fingerprint density at radius 2 is 1.94 bits per heavy atom. The molecule has 2 rings (SSSR count). The Kier molecular flexibility index (Phi) is 4.45. The molecule has 1 aliphatic carbocycles. The second kappa shape index (κ2) is 5.72. The number of nitrogens with one attached hydrogen (secondary N) is 1. The van der Waals surface area contributed by atoms with E-state index in [1.165, 1.54) is 0 Å². The van der Waals surface area contributed by atoms with Crippen LogP contribution >= 0.6 is 15.9 Å². The summed E-state index contributed by atoms with van der Waals surface area (Å²) in [7, 11) is -3.35. The van der Waals surface area contributed by atoms with Crippen molar-refractivity contribution in [2.45, 2.75) is 35.9 Å². The monoisotopic (exact) mass is 331 g/mol. The predicted molar refractivity (Wildman–Crippen MR) is 76.4 cm³/mol. The van der Waals surface area contributed by atoms with E-state index in [9.17, 15) is 8.42 Å². The SMILES string of the molecule is Cc1ccc(S(=O)(=O)NCC2CCC(Br)C2)cc1. The minimum Gasteiger partial charge on any atom is -0.211 e. The highest BCUT2D eigenvalue weighted by atomic mass is 79.9. The first-order valence-electron chi connectivity index (χ1n) is 6.18. The Balaban J connectivity index is 1.97. The molecule has 0 spiro atoms. The van der Waals surface area contributed by atoms with Gasteiger partial charge in [0.2, 0.25) is 10.0 Å². The van der Waals surface area contributed by atoms with Gasteiger partial charge in [-0.05, 0) is 44.2 Å². The molecule has 0 radical (unpaired) electrons. The van der Waals surface area contributed by atoms with Gasteiger partial charge in [0.05, 0.1) is 4.90 Å². The largest absolute Gasteiger partial charge is 0.240 e. The van der Waals surface area contributed by atoms with Gasteiger partial charge >= 0.3 is 0 Å². The smallest absolute Gasteiger partial charge is 0.211 e. The van der Waals surface area contributed by atoms with Crippen molar-refractivity contribution in [3.63, 3.8) is 0 Å². The molecule has 2 atom stereocenters. The van der Waals surface area contributed by atoms with Gasteiger partial charge in [0.1, 0.15) is 0 Å². The van der Waals surface area contributed by atoms with Crippen LogP contribution in [0.1, 0.15) is 24.8 Å². The Morgan fingerprint density at radius 3 is 2.50 bits per heavy atom. The Hall–Kier alpha value is -0.390. The van der Waals surface area contributed by atoms with Crippen LogP contribution in [0.3, 0.4) is 0 Å². The van der Waals surface area contributed by atoms with Gasteiger partial charge in [0, 0.05) is 11.4 Å². The topological polar surface area (TPSA) is 46.2 Å². The second-order valence-corrected chi connectivity index (χ2v) is 8.00. The number of benzene rings is 1. The van der Waals surface area contributed by atoms with E-state index in [1.54, 1.807) is 12.1 Å². The third kappa shape index (κ3) is 3.56. The summed E-state index contributed by atoms with van der Waals surface area (Å²) in [6.07, 6.45) is 3.28. The first-order valence-corrected chi connectivity index (χ1v) is 8.57. The van der Waals surface area contributed by atoms with Crippen LogP contribution in [0, 0.1) is 12.8 Å². The zero-order valence-corrected chi connectivity index (χ0v) is 12.8. The van der Waals surface area contributed by atoms with Gasteiger partial charge in [-0.25, -0.2) is 13.1 Å². The van der Waals surface area contributed by atoms with E-state index in [2.05, 4.69) is 20.7 Å². The highest BCUT2D eigenvalue weighted by Crippen LogP contribution is 2.30. The van der Waals surface area contributed by atoms with Crippen LogP contribution in [-0.4, -0.2) is 19.8 Å². The summed E-state index contributed by atoms with van der Waals surface area (Å²) >= 11 is 3.57. The molecule has 1 saturated carbocycles. The lowest BCUT2D eigenvalue weighted by Crippen LogP contribution is -2.28. The maximum Gasteiger partial charge on any atom is 0.240 e. The average Bonchev–Trinajstić information content (AvgIpc) is 2.73. The molecule has 3 nitrogen and oxygen atoms in total. The van der Waals surface area contributed by atoms with E-state index >= 15 is 0 Å². The van der Waals surface area contributed by atoms with Gasteiger partial charge in [0.15, 0.2) is 0 Å². The van der Waals surface area contributed by atoms with Crippen molar-refractivity contribution in [1.29, 1.82) is 0 Å². The van der Waals surface area contributed by atoms with Crippen LogP contribution in [0.25, 0.3) is 0 Å². The van der Waals surface area contributed by atoms with Crippen molar-refractivity contribution < 1.29 is 8.42 Å². The molecule has 0 saturated heterocycles. The molecule has 100 valence electrons. The van der Waals surface area contributed by atoms with E-state index in [0.29, 0.717) is 22.2 Å².